The van der Waals surface area contributed by atoms with Gasteiger partial charge < -0.3 is 15.4 Å². The Bertz CT molecular complexity index is 527. The summed E-state index contributed by atoms with van der Waals surface area (Å²) in [6.45, 7) is 13.1. The topological polar surface area (TPSA) is 52.1 Å². The zero-order valence-corrected chi connectivity index (χ0v) is 17.3. The maximum Gasteiger partial charge on any atom is 0.191 e. The number of aliphatic imine (C=N–C) groups is 1. The molecule has 0 aliphatic carbocycles. The lowest BCUT2D eigenvalue weighted by molar-refractivity contribution is 0.0389. The third-order valence-corrected chi connectivity index (χ3v) is 5.20. The van der Waals surface area contributed by atoms with Gasteiger partial charge in [-0.25, -0.2) is 0 Å². The molecule has 2 N–H and O–H groups in total. The van der Waals surface area contributed by atoms with Gasteiger partial charge in [0.1, 0.15) is 0 Å². The van der Waals surface area contributed by atoms with Crippen molar-refractivity contribution in [3.63, 3.8) is 0 Å². The highest BCUT2D eigenvalue weighted by Crippen LogP contribution is 2.08. The molecule has 0 bridgehead atoms. The number of likely N-dealkylation sites (N-methyl/N-ethyl adjacent to an activating group) is 1. The molecular formula is C21H37N5O. The van der Waals surface area contributed by atoms with Gasteiger partial charge in [-0.1, -0.05) is 44.2 Å². The van der Waals surface area contributed by atoms with E-state index in [-0.39, 0.29) is 0 Å². The number of rotatable bonds is 10. The molecular weight excluding hydrogens is 338 g/mol. The first-order valence-corrected chi connectivity index (χ1v) is 10.3. The van der Waals surface area contributed by atoms with Gasteiger partial charge in [-0.3, -0.25) is 14.8 Å². The Balaban J connectivity index is 1.81. The van der Waals surface area contributed by atoms with E-state index < -0.39 is 0 Å². The van der Waals surface area contributed by atoms with Gasteiger partial charge in [-0.15, -0.1) is 0 Å². The molecule has 0 radical (unpaired) electrons. The average molecular weight is 376 g/mol. The third kappa shape index (κ3) is 7.87. The lowest BCUT2D eigenvalue weighted by Crippen LogP contribution is -2.49. The molecule has 6 nitrogen and oxygen atoms in total. The second-order valence-electron chi connectivity index (χ2n) is 6.90. The monoisotopic (exact) mass is 375 g/mol. The Morgan fingerprint density at radius 1 is 1.15 bits per heavy atom. The molecule has 0 spiro atoms. The number of guanidine groups is 1. The molecule has 0 aromatic heterocycles. The Hall–Kier alpha value is -1.63. The van der Waals surface area contributed by atoms with Crippen LogP contribution in [0.1, 0.15) is 19.4 Å². The fourth-order valence-corrected chi connectivity index (χ4v) is 3.55. The van der Waals surface area contributed by atoms with E-state index in [1.54, 1.807) is 0 Å². The Morgan fingerprint density at radius 2 is 1.85 bits per heavy atom. The summed E-state index contributed by atoms with van der Waals surface area (Å²) >= 11 is 0. The van der Waals surface area contributed by atoms with E-state index >= 15 is 0 Å². The summed E-state index contributed by atoms with van der Waals surface area (Å²) in [6.07, 6.45) is 1.04. The maximum absolute atomic E-state index is 5.40. The van der Waals surface area contributed by atoms with Crippen molar-refractivity contribution < 1.29 is 4.74 Å². The second kappa shape index (κ2) is 12.7. The van der Waals surface area contributed by atoms with Crippen LogP contribution in [0, 0.1) is 0 Å². The van der Waals surface area contributed by atoms with E-state index in [9.17, 15) is 0 Å². The molecule has 1 aromatic carbocycles. The van der Waals surface area contributed by atoms with Crippen LogP contribution < -0.4 is 10.6 Å². The summed E-state index contributed by atoms with van der Waals surface area (Å²) in [4.78, 5) is 9.34. The SMILES string of the molecule is CCN(CC)C(CNC(=NC)NCCN1CCOCC1)Cc1ccccc1. The van der Waals surface area contributed by atoms with Crippen LogP contribution in [0.15, 0.2) is 35.3 Å². The van der Waals surface area contributed by atoms with Gasteiger partial charge in [0.2, 0.25) is 0 Å². The van der Waals surface area contributed by atoms with Crippen molar-refractivity contribution in [3.8, 4) is 0 Å². The number of morpholine rings is 1. The average Bonchev–Trinajstić information content (AvgIpc) is 2.72. The summed E-state index contributed by atoms with van der Waals surface area (Å²) in [5, 5.41) is 6.98. The standard InChI is InChI=1S/C21H37N5O/c1-4-26(5-2)20(17-19-9-7-6-8-10-19)18-24-21(22-3)23-11-12-25-13-15-27-16-14-25/h6-10,20H,4-5,11-18H2,1-3H3,(H2,22,23,24). The van der Waals surface area contributed by atoms with Crippen LogP contribution >= 0.6 is 0 Å². The molecule has 1 aromatic rings. The zero-order valence-electron chi connectivity index (χ0n) is 17.3. The molecule has 1 fully saturated rings. The van der Waals surface area contributed by atoms with Gasteiger partial charge >= 0.3 is 0 Å². The fourth-order valence-electron chi connectivity index (χ4n) is 3.55. The van der Waals surface area contributed by atoms with Gasteiger partial charge in [-0.2, -0.15) is 0 Å². The molecule has 152 valence electrons. The van der Waals surface area contributed by atoms with Gasteiger partial charge in [0.15, 0.2) is 5.96 Å². The predicted molar refractivity (Wildman–Crippen MR) is 113 cm³/mol. The van der Waals surface area contributed by atoms with Gasteiger partial charge in [0.25, 0.3) is 0 Å². The molecule has 1 saturated heterocycles. The van der Waals surface area contributed by atoms with Crippen molar-refractivity contribution in [2.75, 3.05) is 66.1 Å². The van der Waals surface area contributed by atoms with Gasteiger partial charge in [0.05, 0.1) is 13.2 Å². The number of ether oxygens (including phenoxy) is 1. The van der Waals surface area contributed by atoms with Gasteiger partial charge in [0, 0.05) is 45.8 Å². The second-order valence-corrected chi connectivity index (χ2v) is 6.90. The Labute approximate surface area is 165 Å². The molecule has 2 rings (SSSR count). The molecule has 1 heterocycles. The van der Waals surface area contributed by atoms with E-state index in [0.717, 1.165) is 71.4 Å². The largest absolute Gasteiger partial charge is 0.379 e. The minimum Gasteiger partial charge on any atom is -0.379 e. The first kappa shape index (κ1) is 21.7. The van der Waals surface area contributed by atoms with E-state index in [1.165, 1.54) is 5.56 Å². The molecule has 1 unspecified atom stereocenters. The minimum absolute atomic E-state index is 0.445. The van der Waals surface area contributed by atoms with Crippen LogP contribution in [-0.4, -0.2) is 87.9 Å². The van der Waals surface area contributed by atoms with Crippen LogP contribution in [0.5, 0.6) is 0 Å². The van der Waals surface area contributed by atoms with Crippen LogP contribution in [0.25, 0.3) is 0 Å². The van der Waals surface area contributed by atoms with Crippen molar-refractivity contribution in [2.45, 2.75) is 26.3 Å². The Morgan fingerprint density at radius 3 is 2.48 bits per heavy atom. The van der Waals surface area contributed by atoms with E-state index in [4.69, 9.17) is 4.74 Å². The quantitative estimate of drug-likeness (QED) is 0.479. The van der Waals surface area contributed by atoms with Crippen molar-refractivity contribution in [3.05, 3.63) is 35.9 Å². The van der Waals surface area contributed by atoms with E-state index in [0.29, 0.717) is 6.04 Å². The highest BCUT2D eigenvalue weighted by atomic mass is 16.5. The molecule has 27 heavy (non-hydrogen) atoms. The number of nitrogens with one attached hydrogen (secondary N) is 2. The summed E-state index contributed by atoms with van der Waals surface area (Å²) in [6, 6.07) is 11.2. The number of hydrogen-bond donors (Lipinski definition) is 2. The maximum atomic E-state index is 5.40. The van der Waals surface area contributed by atoms with Crippen molar-refractivity contribution in [2.24, 2.45) is 4.99 Å². The van der Waals surface area contributed by atoms with Crippen molar-refractivity contribution in [1.82, 2.24) is 20.4 Å². The molecule has 1 aliphatic rings. The van der Waals surface area contributed by atoms with E-state index in [1.807, 2.05) is 7.05 Å². The molecule has 6 heteroatoms. The lowest BCUT2D eigenvalue weighted by Gasteiger charge is -2.31. The van der Waals surface area contributed by atoms with Crippen LogP contribution in [-0.2, 0) is 11.2 Å². The number of benzene rings is 1. The summed E-state index contributed by atoms with van der Waals surface area (Å²) in [5.41, 5.74) is 1.38. The number of nitrogens with zero attached hydrogens (tertiary/aromatic N) is 3. The molecule has 1 atom stereocenters. The minimum atomic E-state index is 0.445. The summed E-state index contributed by atoms with van der Waals surface area (Å²) < 4.78 is 5.40. The Kier molecular flexibility index (Phi) is 10.2. The van der Waals surface area contributed by atoms with Crippen molar-refractivity contribution in [1.29, 1.82) is 0 Å². The predicted octanol–water partition coefficient (Wildman–Crippen LogP) is 1.44. The molecule has 0 amide bonds. The smallest absolute Gasteiger partial charge is 0.191 e. The highest BCUT2D eigenvalue weighted by molar-refractivity contribution is 5.79. The summed E-state index contributed by atoms with van der Waals surface area (Å²) in [7, 11) is 1.84. The molecule has 1 aliphatic heterocycles. The van der Waals surface area contributed by atoms with Gasteiger partial charge in [-0.05, 0) is 25.1 Å². The van der Waals surface area contributed by atoms with E-state index in [2.05, 4.69) is 69.6 Å². The lowest BCUT2D eigenvalue weighted by atomic mass is 10.0. The highest BCUT2D eigenvalue weighted by Gasteiger charge is 2.17. The van der Waals surface area contributed by atoms with Crippen LogP contribution in [0.4, 0.5) is 0 Å². The molecule has 0 saturated carbocycles. The first-order chi connectivity index (χ1) is 13.3. The van der Waals surface area contributed by atoms with Crippen molar-refractivity contribution >= 4 is 5.96 Å². The number of hydrogen-bond acceptors (Lipinski definition) is 4. The summed E-state index contributed by atoms with van der Waals surface area (Å²) in [5.74, 6) is 0.883. The van der Waals surface area contributed by atoms with Crippen LogP contribution in [0.2, 0.25) is 0 Å². The zero-order chi connectivity index (χ0) is 19.3. The normalized spacial score (nSPS) is 17.1. The third-order valence-electron chi connectivity index (χ3n) is 5.20. The fraction of sp³-hybridized carbons (Fsp3) is 0.667. The first-order valence-electron chi connectivity index (χ1n) is 10.3. The van der Waals surface area contributed by atoms with Crippen LogP contribution in [0.3, 0.4) is 0 Å².